The average Bonchev–Trinajstić information content (AvgIpc) is 3.06. The quantitative estimate of drug-likeness (QED) is 0.764. The van der Waals surface area contributed by atoms with Crippen LogP contribution in [0.25, 0.3) is 16.9 Å². The van der Waals surface area contributed by atoms with Gasteiger partial charge in [-0.15, -0.1) is 12.4 Å². The fraction of sp³-hybridized carbons (Fsp3) is 0.278. The van der Waals surface area contributed by atoms with E-state index in [1.807, 2.05) is 41.3 Å². The van der Waals surface area contributed by atoms with Crippen LogP contribution in [0.15, 0.2) is 48.8 Å². The number of amides is 1. The van der Waals surface area contributed by atoms with Crippen molar-refractivity contribution in [1.82, 2.24) is 24.8 Å². The summed E-state index contributed by atoms with van der Waals surface area (Å²) in [5.41, 5.74) is 3.13. The molecule has 0 bridgehead atoms. The first-order valence-corrected chi connectivity index (χ1v) is 8.15. The summed E-state index contributed by atoms with van der Waals surface area (Å²) < 4.78 is 1.75. The van der Waals surface area contributed by atoms with E-state index >= 15 is 0 Å². The highest BCUT2D eigenvalue weighted by molar-refractivity contribution is 6.00. The summed E-state index contributed by atoms with van der Waals surface area (Å²) >= 11 is 0. The van der Waals surface area contributed by atoms with Gasteiger partial charge in [-0.25, -0.2) is 9.50 Å². The van der Waals surface area contributed by atoms with Gasteiger partial charge in [0.15, 0.2) is 5.65 Å². The van der Waals surface area contributed by atoms with Gasteiger partial charge >= 0.3 is 0 Å². The first kappa shape index (κ1) is 17.4. The molecular formula is C18H20ClN5O. The van der Waals surface area contributed by atoms with E-state index in [1.165, 1.54) is 0 Å². The largest absolute Gasteiger partial charge is 0.333 e. The second kappa shape index (κ2) is 7.21. The molecule has 1 aliphatic rings. The molecule has 1 atom stereocenters. The third kappa shape index (κ3) is 3.10. The highest BCUT2D eigenvalue weighted by Gasteiger charge is 2.27. The number of hydrogen-bond acceptors (Lipinski definition) is 4. The molecule has 7 heteroatoms. The van der Waals surface area contributed by atoms with Crippen molar-refractivity contribution < 1.29 is 4.79 Å². The summed E-state index contributed by atoms with van der Waals surface area (Å²) in [5.74, 6) is -0.00304. The fourth-order valence-corrected chi connectivity index (χ4v) is 3.17. The summed E-state index contributed by atoms with van der Waals surface area (Å²) in [6, 6.07) is 12.1. The number of carbonyl (C=O) groups is 1. The Balaban J connectivity index is 0.00000182. The molecule has 1 saturated heterocycles. The predicted octanol–water partition coefficient (Wildman–Crippen LogP) is 2.25. The molecule has 3 aromatic rings. The summed E-state index contributed by atoms with van der Waals surface area (Å²) in [5, 5.41) is 7.73. The molecule has 6 nitrogen and oxygen atoms in total. The molecule has 0 radical (unpaired) electrons. The predicted molar refractivity (Wildman–Crippen MR) is 99.0 cm³/mol. The number of rotatable bonds is 2. The van der Waals surface area contributed by atoms with Gasteiger partial charge in [0.25, 0.3) is 5.91 Å². The molecule has 130 valence electrons. The van der Waals surface area contributed by atoms with Crippen molar-refractivity contribution in [3.05, 3.63) is 54.4 Å². The van der Waals surface area contributed by atoms with Crippen molar-refractivity contribution in [1.29, 1.82) is 0 Å². The van der Waals surface area contributed by atoms with E-state index in [9.17, 15) is 4.79 Å². The Labute approximate surface area is 152 Å². The molecule has 0 saturated carbocycles. The van der Waals surface area contributed by atoms with Gasteiger partial charge in [-0.3, -0.25) is 4.79 Å². The van der Waals surface area contributed by atoms with E-state index in [0.29, 0.717) is 17.8 Å². The van der Waals surface area contributed by atoms with E-state index in [2.05, 4.69) is 22.3 Å². The van der Waals surface area contributed by atoms with Gasteiger partial charge in [0.05, 0.1) is 11.9 Å². The SMILES string of the molecule is C[C@@H]1CNCCN1C(=O)c1cnn2c(-c3ccccc3)ccnc12.Cl. The molecule has 1 aliphatic heterocycles. The molecule has 1 amide bonds. The molecule has 1 fully saturated rings. The van der Waals surface area contributed by atoms with Crippen LogP contribution in [0.4, 0.5) is 0 Å². The highest BCUT2D eigenvalue weighted by Crippen LogP contribution is 2.22. The Hall–Kier alpha value is -2.44. The van der Waals surface area contributed by atoms with Crippen molar-refractivity contribution in [2.24, 2.45) is 0 Å². The van der Waals surface area contributed by atoms with Crippen LogP contribution in [0.5, 0.6) is 0 Å². The summed E-state index contributed by atoms with van der Waals surface area (Å²) in [6.45, 7) is 4.39. The third-order valence-corrected chi connectivity index (χ3v) is 4.46. The Morgan fingerprint density at radius 3 is 2.80 bits per heavy atom. The number of halogens is 1. The normalized spacial score (nSPS) is 17.3. The lowest BCUT2D eigenvalue weighted by atomic mass is 10.1. The van der Waals surface area contributed by atoms with Crippen LogP contribution >= 0.6 is 12.4 Å². The first-order valence-electron chi connectivity index (χ1n) is 8.15. The minimum atomic E-state index is -0.00304. The number of carbonyl (C=O) groups excluding carboxylic acids is 1. The van der Waals surface area contributed by atoms with Crippen LogP contribution in [-0.4, -0.2) is 51.1 Å². The minimum Gasteiger partial charge on any atom is -0.333 e. The highest BCUT2D eigenvalue weighted by atomic mass is 35.5. The molecule has 1 aromatic carbocycles. The minimum absolute atomic E-state index is 0. The van der Waals surface area contributed by atoms with Crippen molar-refractivity contribution in [3.63, 3.8) is 0 Å². The van der Waals surface area contributed by atoms with Crippen molar-refractivity contribution in [3.8, 4) is 11.3 Å². The lowest BCUT2D eigenvalue weighted by Gasteiger charge is -2.33. The number of hydrogen-bond donors (Lipinski definition) is 1. The molecule has 4 rings (SSSR count). The zero-order valence-corrected chi connectivity index (χ0v) is 14.7. The molecule has 0 aliphatic carbocycles. The van der Waals surface area contributed by atoms with Crippen LogP contribution in [0.2, 0.25) is 0 Å². The standard InChI is InChI=1S/C18H19N5O.ClH/c1-13-11-19-9-10-22(13)18(24)15-12-21-23-16(7-8-20-17(15)23)14-5-3-2-4-6-14;/h2-8,12-13,19H,9-11H2,1H3;1H/t13-;/m1./s1. The van der Waals surface area contributed by atoms with Gasteiger partial charge in [-0.2, -0.15) is 5.10 Å². The van der Waals surface area contributed by atoms with Crippen molar-refractivity contribution >= 4 is 24.0 Å². The van der Waals surface area contributed by atoms with Gasteiger partial charge in [-0.05, 0) is 13.0 Å². The number of benzene rings is 1. The molecule has 2 aromatic heterocycles. The Bertz CT molecular complexity index is 880. The topological polar surface area (TPSA) is 62.5 Å². The van der Waals surface area contributed by atoms with E-state index < -0.39 is 0 Å². The van der Waals surface area contributed by atoms with Gasteiger partial charge in [0.1, 0.15) is 5.56 Å². The van der Waals surface area contributed by atoms with Crippen LogP contribution in [0.3, 0.4) is 0 Å². The summed E-state index contributed by atoms with van der Waals surface area (Å²) in [6.07, 6.45) is 3.36. The van der Waals surface area contributed by atoms with Crippen LogP contribution in [0, 0.1) is 0 Å². The zero-order valence-electron chi connectivity index (χ0n) is 13.9. The number of piperazine rings is 1. The van der Waals surface area contributed by atoms with Crippen LogP contribution < -0.4 is 5.32 Å². The first-order chi connectivity index (χ1) is 11.8. The Morgan fingerprint density at radius 1 is 1.24 bits per heavy atom. The zero-order chi connectivity index (χ0) is 16.5. The molecule has 1 N–H and O–H groups in total. The third-order valence-electron chi connectivity index (χ3n) is 4.46. The maximum absolute atomic E-state index is 12.9. The maximum Gasteiger partial charge on any atom is 0.259 e. The molecule has 3 heterocycles. The second-order valence-corrected chi connectivity index (χ2v) is 6.04. The van der Waals surface area contributed by atoms with Gasteiger partial charge in [0, 0.05) is 37.4 Å². The summed E-state index contributed by atoms with van der Waals surface area (Å²) in [7, 11) is 0. The Kier molecular flexibility index (Phi) is 5.01. The van der Waals surface area contributed by atoms with Gasteiger partial charge in [0.2, 0.25) is 0 Å². The molecular weight excluding hydrogens is 338 g/mol. The lowest BCUT2D eigenvalue weighted by Crippen LogP contribution is -2.52. The Morgan fingerprint density at radius 2 is 2.04 bits per heavy atom. The summed E-state index contributed by atoms with van der Waals surface area (Å²) in [4.78, 5) is 19.2. The molecule has 0 spiro atoms. The van der Waals surface area contributed by atoms with Crippen molar-refractivity contribution in [2.75, 3.05) is 19.6 Å². The smallest absolute Gasteiger partial charge is 0.259 e. The van der Waals surface area contributed by atoms with Gasteiger partial charge in [-0.1, -0.05) is 30.3 Å². The fourth-order valence-electron chi connectivity index (χ4n) is 3.17. The van der Waals surface area contributed by atoms with E-state index in [-0.39, 0.29) is 24.4 Å². The lowest BCUT2D eigenvalue weighted by molar-refractivity contribution is 0.0657. The van der Waals surface area contributed by atoms with E-state index in [4.69, 9.17) is 0 Å². The van der Waals surface area contributed by atoms with Gasteiger partial charge < -0.3 is 10.2 Å². The monoisotopic (exact) mass is 357 g/mol. The number of nitrogens with one attached hydrogen (secondary N) is 1. The average molecular weight is 358 g/mol. The van der Waals surface area contributed by atoms with Crippen LogP contribution in [0.1, 0.15) is 17.3 Å². The van der Waals surface area contributed by atoms with Crippen molar-refractivity contribution in [2.45, 2.75) is 13.0 Å². The number of aromatic nitrogens is 3. The number of nitrogens with zero attached hydrogens (tertiary/aromatic N) is 4. The number of fused-ring (bicyclic) bond motifs is 1. The molecule has 25 heavy (non-hydrogen) atoms. The molecule has 0 unspecified atom stereocenters. The van der Waals surface area contributed by atoms with E-state index in [0.717, 1.165) is 24.3 Å². The van der Waals surface area contributed by atoms with Crippen LogP contribution in [-0.2, 0) is 0 Å². The van der Waals surface area contributed by atoms with E-state index in [1.54, 1.807) is 16.9 Å². The maximum atomic E-state index is 12.9. The second-order valence-electron chi connectivity index (χ2n) is 6.04.